The van der Waals surface area contributed by atoms with Crippen LogP contribution in [0.1, 0.15) is 48.5 Å². The molecule has 2 heteroatoms. The third kappa shape index (κ3) is 2.58. The van der Waals surface area contributed by atoms with Gasteiger partial charge in [-0.15, -0.1) is 0 Å². The van der Waals surface area contributed by atoms with Gasteiger partial charge in [0.2, 0.25) is 0 Å². The second-order valence-corrected chi connectivity index (χ2v) is 11.8. The molecule has 0 bridgehead atoms. The van der Waals surface area contributed by atoms with Crippen molar-refractivity contribution < 1.29 is 0 Å². The Hall–Kier alpha value is -0.343. The minimum absolute atomic E-state index is 0.192. The van der Waals surface area contributed by atoms with Crippen LogP contribution >= 0.6 is 0 Å². The van der Waals surface area contributed by atoms with Crippen LogP contribution in [0, 0.1) is 0 Å². The van der Waals surface area contributed by atoms with E-state index in [1.807, 2.05) is 0 Å². The lowest BCUT2D eigenvalue weighted by molar-refractivity contribution is 0.502. The molecule has 1 N–H and O–H groups in total. The quantitative estimate of drug-likeness (QED) is 0.705. The van der Waals surface area contributed by atoms with Gasteiger partial charge in [0.25, 0.3) is 0 Å². The number of hydrogen-bond acceptors (Lipinski definition) is 1. The first-order valence-corrected chi connectivity index (χ1v) is 9.58. The second kappa shape index (κ2) is 4.10. The summed E-state index contributed by atoms with van der Waals surface area (Å²) in [7, 11) is -1.56. The van der Waals surface area contributed by atoms with Crippen LogP contribution in [0.4, 0.5) is 0 Å². The van der Waals surface area contributed by atoms with E-state index < -0.39 is 8.24 Å². The predicted molar refractivity (Wildman–Crippen MR) is 80.9 cm³/mol. The molecule has 1 nitrogen and oxygen atoms in total. The van der Waals surface area contributed by atoms with Crippen molar-refractivity contribution in [3.05, 3.63) is 22.8 Å². The SMILES string of the molecule is CC1=CC(C)([Si](C)(C)NC(C)(C)C)C(C)=C1C. The van der Waals surface area contributed by atoms with E-state index in [1.54, 1.807) is 5.57 Å². The average molecular weight is 251 g/mol. The molecular weight excluding hydrogens is 222 g/mol. The molecule has 0 spiro atoms. The van der Waals surface area contributed by atoms with Crippen LogP contribution < -0.4 is 4.98 Å². The molecule has 1 rings (SSSR count). The zero-order chi connectivity index (χ0) is 13.6. The molecule has 17 heavy (non-hydrogen) atoms. The Morgan fingerprint density at radius 1 is 1.12 bits per heavy atom. The Bertz CT molecular complexity index is 382. The summed E-state index contributed by atoms with van der Waals surface area (Å²) in [6.45, 7) is 20.9. The molecule has 0 aromatic rings. The Morgan fingerprint density at radius 2 is 1.59 bits per heavy atom. The van der Waals surface area contributed by atoms with Crippen molar-refractivity contribution in [2.45, 2.75) is 72.1 Å². The van der Waals surface area contributed by atoms with Gasteiger partial charge in [0.15, 0.2) is 0 Å². The largest absolute Gasteiger partial charge is 0.332 e. The van der Waals surface area contributed by atoms with Gasteiger partial charge in [-0.2, -0.15) is 0 Å². The Kier molecular flexibility index (Phi) is 3.55. The fourth-order valence-electron chi connectivity index (χ4n) is 3.05. The van der Waals surface area contributed by atoms with E-state index in [0.29, 0.717) is 0 Å². The minimum atomic E-state index is -1.56. The molecule has 0 aromatic carbocycles. The molecule has 0 radical (unpaired) electrons. The summed E-state index contributed by atoms with van der Waals surface area (Å²) in [6.07, 6.45) is 2.49. The van der Waals surface area contributed by atoms with Gasteiger partial charge >= 0.3 is 0 Å². The Morgan fingerprint density at radius 3 is 1.88 bits per heavy atom. The van der Waals surface area contributed by atoms with Crippen molar-refractivity contribution in [3.63, 3.8) is 0 Å². The fraction of sp³-hybridized carbons (Fsp3) is 0.733. The monoisotopic (exact) mass is 251 g/mol. The summed E-state index contributed by atoms with van der Waals surface area (Å²) in [5.41, 5.74) is 4.70. The van der Waals surface area contributed by atoms with Gasteiger partial charge in [0.05, 0.1) is 0 Å². The van der Waals surface area contributed by atoms with Crippen molar-refractivity contribution >= 4 is 8.24 Å². The van der Waals surface area contributed by atoms with Crippen LogP contribution in [-0.4, -0.2) is 13.8 Å². The van der Waals surface area contributed by atoms with E-state index in [0.717, 1.165) is 0 Å². The van der Waals surface area contributed by atoms with E-state index in [1.165, 1.54) is 11.1 Å². The normalized spacial score (nSPS) is 26.5. The highest BCUT2D eigenvalue weighted by Gasteiger charge is 2.47. The lowest BCUT2D eigenvalue weighted by atomic mass is 10.0. The Labute approximate surface area is 108 Å². The molecule has 0 heterocycles. The summed E-state index contributed by atoms with van der Waals surface area (Å²) in [5, 5.41) is 0.244. The lowest BCUT2D eigenvalue weighted by Crippen LogP contribution is -2.60. The standard InChI is InChI=1S/C15H29NSi/c1-11-10-15(7,13(3)12(11)2)17(8,9)16-14(4,5)6/h10,16H,1-9H3. The summed E-state index contributed by atoms with van der Waals surface area (Å²) >= 11 is 0. The van der Waals surface area contributed by atoms with E-state index >= 15 is 0 Å². The van der Waals surface area contributed by atoms with Gasteiger partial charge in [0.1, 0.15) is 8.24 Å². The number of rotatable bonds is 2. The molecule has 0 saturated carbocycles. The predicted octanol–water partition coefficient (Wildman–Crippen LogP) is 4.64. The van der Waals surface area contributed by atoms with Gasteiger partial charge in [0, 0.05) is 10.6 Å². The molecule has 98 valence electrons. The number of nitrogens with one attached hydrogen (secondary N) is 1. The van der Waals surface area contributed by atoms with Crippen molar-refractivity contribution in [2.75, 3.05) is 0 Å². The molecule has 0 aromatic heterocycles. The third-order valence-corrected chi connectivity index (χ3v) is 8.92. The smallest absolute Gasteiger partial charge is 0.133 e. The maximum absolute atomic E-state index is 3.91. The molecule has 0 amide bonds. The maximum Gasteiger partial charge on any atom is 0.133 e. The van der Waals surface area contributed by atoms with Gasteiger partial charge in [-0.1, -0.05) is 37.2 Å². The average Bonchev–Trinajstić information content (AvgIpc) is 2.27. The topological polar surface area (TPSA) is 12.0 Å². The number of hydrogen-bond donors (Lipinski definition) is 1. The zero-order valence-corrected chi connectivity index (χ0v) is 14.1. The van der Waals surface area contributed by atoms with Gasteiger partial charge in [-0.3, -0.25) is 0 Å². The second-order valence-electron chi connectivity index (χ2n) is 7.28. The van der Waals surface area contributed by atoms with E-state index in [-0.39, 0.29) is 10.6 Å². The highest BCUT2D eigenvalue weighted by molar-refractivity contribution is 6.79. The molecule has 1 aliphatic carbocycles. The highest BCUT2D eigenvalue weighted by Crippen LogP contribution is 2.52. The maximum atomic E-state index is 3.91. The van der Waals surface area contributed by atoms with Crippen molar-refractivity contribution in [1.29, 1.82) is 0 Å². The van der Waals surface area contributed by atoms with Crippen molar-refractivity contribution in [1.82, 2.24) is 4.98 Å². The fourth-order valence-corrected chi connectivity index (χ4v) is 6.89. The third-order valence-electron chi connectivity index (χ3n) is 4.42. The van der Waals surface area contributed by atoms with E-state index in [4.69, 9.17) is 0 Å². The first kappa shape index (κ1) is 14.7. The molecule has 0 aliphatic heterocycles. The number of allylic oxidation sites excluding steroid dienone is 4. The summed E-state index contributed by atoms with van der Waals surface area (Å²) in [5.74, 6) is 0. The molecule has 1 aliphatic rings. The summed E-state index contributed by atoms with van der Waals surface area (Å²) in [4.78, 5) is 3.91. The molecule has 0 saturated heterocycles. The van der Waals surface area contributed by atoms with E-state index in [2.05, 4.69) is 72.6 Å². The van der Waals surface area contributed by atoms with E-state index in [9.17, 15) is 0 Å². The van der Waals surface area contributed by atoms with Crippen LogP contribution in [0.3, 0.4) is 0 Å². The lowest BCUT2D eigenvalue weighted by Gasteiger charge is -2.45. The van der Waals surface area contributed by atoms with Crippen LogP contribution in [-0.2, 0) is 0 Å². The molecule has 1 atom stereocenters. The molecule has 1 unspecified atom stereocenters. The van der Waals surface area contributed by atoms with Crippen molar-refractivity contribution in [2.24, 2.45) is 0 Å². The first-order valence-electron chi connectivity index (χ1n) is 6.58. The summed E-state index contributed by atoms with van der Waals surface area (Å²) in [6, 6.07) is 0. The highest BCUT2D eigenvalue weighted by atomic mass is 28.3. The van der Waals surface area contributed by atoms with Gasteiger partial charge in [-0.25, -0.2) is 0 Å². The zero-order valence-electron chi connectivity index (χ0n) is 13.1. The van der Waals surface area contributed by atoms with Crippen LogP contribution in [0.25, 0.3) is 0 Å². The van der Waals surface area contributed by atoms with Crippen molar-refractivity contribution in [3.8, 4) is 0 Å². The Balaban J connectivity index is 3.17. The van der Waals surface area contributed by atoms with Crippen LogP contribution in [0.2, 0.25) is 18.1 Å². The van der Waals surface area contributed by atoms with Crippen LogP contribution in [0.15, 0.2) is 22.8 Å². The minimum Gasteiger partial charge on any atom is -0.332 e. The van der Waals surface area contributed by atoms with Gasteiger partial charge < -0.3 is 4.98 Å². The van der Waals surface area contributed by atoms with Crippen LogP contribution in [0.5, 0.6) is 0 Å². The molecular formula is C15H29NSi. The molecule has 0 fully saturated rings. The summed E-state index contributed by atoms with van der Waals surface area (Å²) < 4.78 is 0. The first-order chi connectivity index (χ1) is 7.41. The van der Waals surface area contributed by atoms with Gasteiger partial charge in [-0.05, 0) is 47.1 Å².